The summed E-state index contributed by atoms with van der Waals surface area (Å²) in [6.45, 7) is 3.98. The second-order valence-corrected chi connectivity index (χ2v) is 3.41. The molecule has 1 atom stereocenters. The summed E-state index contributed by atoms with van der Waals surface area (Å²) in [6, 6.07) is 1.61. The Hall–Kier alpha value is -1.22. The van der Waals surface area contributed by atoms with Crippen LogP contribution in [0.15, 0.2) is 30.1 Å². The lowest BCUT2D eigenvalue weighted by molar-refractivity contribution is 0.575. The van der Waals surface area contributed by atoms with E-state index in [2.05, 4.69) is 10.3 Å². The van der Waals surface area contributed by atoms with Gasteiger partial charge in [-0.05, 0) is 27.0 Å². The topological polar surface area (TPSA) is 24.9 Å². The standard InChI is InChI=1S/C11H15FN2/c1-8(2)6-11(13-3)9-4-5-14-7-10(9)12/h4-7,11,13H,1-3H3. The molecule has 1 unspecified atom stereocenters. The summed E-state index contributed by atoms with van der Waals surface area (Å²) < 4.78 is 13.3. The Balaban J connectivity index is 3.01. The average Bonchev–Trinajstić information content (AvgIpc) is 2.15. The van der Waals surface area contributed by atoms with Gasteiger partial charge in [0.25, 0.3) is 0 Å². The molecule has 2 nitrogen and oxygen atoms in total. The van der Waals surface area contributed by atoms with Crippen molar-refractivity contribution in [3.8, 4) is 0 Å². The first-order valence-corrected chi connectivity index (χ1v) is 4.57. The van der Waals surface area contributed by atoms with Crippen LogP contribution in [0.3, 0.4) is 0 Å². The van der Waals surface area contributed by atoms with Crippen LogP contribution >= 0.6 is 0 Å². The van der Waals surface area contributed by atoms with Gasteiger partial charge < -0.3 is 5.32 Å². The molecule has 0 radical (unpaired) electrons. The third kappa shape index (κ3) is 2.64. The lowest BCUT2D eigenvalue weighted by atomic mass is 10.1. The van der Waals surface area contributed by atoms with Crippen molar-refractivity contribution >= 4 is 0 Å². The Bertz CT molecular complexity index is 330. The third-order valence-corrected chi connectivity index (χ3v) is 1.95. The zero-order valence-electron chi connectivity index (χ0n) is 8.71. The Morgan fingerprint density at radius 2 is 2.29 bits per heavy atom. The van der Waals surface area contributed by atoms with Crippen LogP contribution in [0.5, 0.6) is 0 Å². The van der Waals surface area contributed by atoms with Gasteiger partial charge in [-0.25, -0.2) is 4.39 Å². The van der Waals surface area contributed by atoms with Crippen molar-refractivity contribution in [3.05, 3.63) is 41.5 Å². The molecule has 1 aromatic heterocycles. The summed E-state index contributed by atoms with van der Waals surface area (Å²) in [4.78, 5) is 3.72. The minimum absolute atomic E-state index is 0.0806. The van der Waals surface area contributed by atoms with E-state index in [-0.39, 0.29) is 11.9 Å². The van der Waals surface area contributed by atoms with Gasteiger partial charge in [0.2, 0.25) is 0 Å². The molecule has 0 fully saturated rings. The molecule has 1 rings (SSSR count). The van der Waals surface area contributed by atoms with Crippen LogP contribution in [0.4, 0.5) is 4.39 Å². The van der Waals surface area contributed by atoms with E-state index in [0.717, 1.165) is 5.57 Å². The fraction of sp³-hybridized carbons (Fsp3) is 0.364. The van der Waals surface area contributed by atoms with E-state index in [4.69, 9.17) is 0 Å². The van der Waals surface area contributed by atoms with Gasteiger partial charge in [-0.3, -0.25) is 4.98 Å². The molecular weight excluding hydrogens is 179 g/mol. The molecule has 1 heterocycles. The maximum absolute atomic E-state index is 13.3. The molecule has 0 aliphatic rings. The van der Waals surface area contributed by atoms with Gasteiger partial charge in [-0.1, -0.05) is 11.6 Å². The number of pyridine rings is 1. The van der Waals surface area contributed by atoms with E-state index in [1.165, 1.54) is 6.20 Å². The largest absolute Gasteiger partial charge is 0.310 e. The molecule has 0 aliphatic heterocycles. The molecule has 0 aromatic carbocycles. The normalized spacial score (nSPS) is 12.3. The quantitative estimate of drug-likeness (QED) is 0.747. The van der Waals surface area contributed by atoms with Gasteiger partial charge in [0, 0.05) is 11.8 Å². The maximum atomic E-state index is 13.3. The minimum Gasteiger partial charge on any atom is -0.310 e. The van der Waals surface area contributed by atoms with E-state index in [1.54, 1.807) is 12.3 Å². The van der Waals surface area contributed by atoms with Crippen molar-refractivity contribution in [3.63, 3.8) is 0 Å². The summed E-state index contributed by atoms with van der Waals surface area (Å²) in [7, 11) is 1.81. The van der Waals surface area contributed by atoms with Crippen molar-refractivity contribution < 1.29 is 4.39 Å². The van der Waals surface area contributed by atoms with Crippen LogP contribution in [-0.4, -0.2) is 12.0 Å². The highest BCUT2D eigenvalue weighted by Gasteiger charge is 2.10. The molecule has 3 heteroatoms. The molecule has 1 N–H and O–H groups in total. The monoisotopic (exact) mass is 194 g/mol. The number of likely N-dealkylation sites (N-methyl/N-ethyl adjacent to an activating group) is 1. The molecule has 0 saturated heterocycles. The zero-order chi connectivity index (χ0) is 10.6. The van der Waals surface area contributed by atoms with Crippen molar-refractivity contribution in [2.45, 2.75) is 19.9 Å². The first kappa shape index (κ1) is 10.9. The molecule has 0 amide bonds. The van der Waals surface area contributed by atoms with Crippen LogP contribution in [0.25, 0.3) is 0 Å². The number of halogens is 1. The number of hydrogen-bond donors (Lipinski definition) is 1. The SMILES string of the molecule is CNC(C=C(C)C)c1ccncc1F. The second kappa shape index (κ2) is 4.86. The molecule has 0 spiro atoms. The van der Waals surface area contributed by atoms with Crippen molar-refractivity contribution in [2.75, 3.05) is 7.05 Å². The molecule has 0 saturated carbocycles. The van der Waals surface area contributed by atoms with Gasteiger partial charge >= 0.3 is 0 Å². The number of aromatic nitrogens is 1. The summed E-state index contributed by atoms with van der Waals surface area (Å²) in [5, 5.41) is 3.05. The highest BCUT2D eigenvalue weighted by atomic mass is 19.1. The maximum Gasteiger partial charge on any atom is 0.146 e. The fourth-order valence-electron chi connectivity index (χ4n) is 1.30. The predicted octanol–water partition coefficient (Wildman–Crippen LogP) is 2.45. The van der Waals surface area contributed by atoms with E-state index < -0.39 is 0 Å². The first-order chi connectivity index (χ1) is 6.65. The smallest absolute Gasteiger partial charge is 0.146 e. The molecule has 1 aromatic rings. The van der Waals surface area contributed by atoms with Crippen molar-refractivity contribution in [1.82, 2.24) is 10.3 Å². The van der Waals surface area contributed by atoms with Crippen LogP contribution < -0.4 is 5.32 Å². The molecule has 14 heavy (non-hydrogen) atoms. The third-order valence-electron chi connectivity index (χ3n) is 1.95. The Labute approximate surface area is 83.9 Å². The number of rotatable bonds is 3. The number of nitrogens with zero attached hydrogens (tertiary/aromatic N) is 1. The van der Waals surface area contributed by atoms with Crippen LogP contribution in [0, 0.1) is 5.82 Å². The summed E-state index contributed by atoms with van der Waals surface area (Å²) in [6.07, 6.45) is 4.82. The molecule has 76 valence electrons. The van der Waals surface area contributed by atoms with E-state index in [9.17, 15) is 4.39 Å². The van der Waals surface area contributed by atoms with Gasteiger partial charge in [-0.2, -0.15) is 0 Å². The number of nitrogens with one attached hydrogen (secondary N) is 1. The summed E-state index contributed by atoms with van der Waals surface area (Å²) >= 11 is 0. The van der Waals surface area contributed by atoms with E-state index >= 15 is 0 Å². The molecule has 0 aliphatic carbocycles. The van der Waals surface area contributed by atoms with Crippen LogP contribution in [0.2, 0.25) is 0 Å². The van der Waals surface area contributed by atoms with E-state index in [0.29, 0.717) is 5.56 Å². The fourth-order valence-corrected chi connectivity index (χ4v) is 1.30. The number of allylic oxidation sites excluding steroid dienone is 1. The Kier molecular flexibility index (Phi) is 3.77. The van der Waals surface area contributed by atoms with Gasteiger partial charge in [0.15, 0.2) is 0 Å². The molecular formula is C11H15FN2. The van der Waals surface area contributed by atoms with Gasteiger partial charge in [-0.15, -0.1) is 0 Å². The lowest BCUT2D eigenvalue weighted by Crippen LogP contribution is -2.15. The second-order valence-electron chi connectivity index (χ2n) is 3.41. The summed E-state index contributed by atoms with van der Waals surface area (Å²) in [5.74, 6) is -0.274. The lowest BCUT2D eigenvalue weighted by Gasteiger charge is -2.13. The van der Waals surface area contributed by atoms with E-state index in [1.807, 2.05) is 27.0 Å². The van der Waals surface area contributed by atoms with Crippen LogP contribution in [0.1, 0.15) is 25.5 Å². The first-order valence-electron chi connectivity index (χ1n) is 4.57. The van der Waals surface area contributed by atoms with Gasteiger partial charge in [0.05, 0.1) is 12.2 Å². The zero-order valence-corrected chi connectivity index (χ0v) is 8.71. The average molecular weight is 194 g/mol. The van der Waals surface area contributed by atoms with Gasteiger partial charge in [0.1, 0.15) is 5.82 Å². The van der Waals surface area contributed by atoms with Crippen molar-refractivity contribution in [2.24, 2.45) is 0 Å². The van der Waals surface area contributed by atoms with Crippen LogP contribution in [-0.2, 0) is 0 Å². The van der Waals surface area contributed by atoms with Crippen molar-refractivity contribution in [1.29, 1.82) is 0 Å². The molecule has 0 bridgehead atoms. The minimum atomic E-state index is -0.274. The number of hydrogen-bond acceptors (Lipinski definition) is 2. The highest BCUT2D eigenvalue weighted by molar-refractivity contribution is 5.23. The predicted molar refractivity (Wildman–Crippen MR) is 55.4 cm³/mol. The highest BCUT2D eigenvalue weighted by Crippen LogP contribution is 2.17. The summed E-state index contributed by atoms with van der Waals surface area (Å²) in [5.41, 5.74) is 1.78. The Morgan fingerprint density at radius 3 is 2.79 bits per heavy atom. The Morgan fingerprint density at radius 1 is 1.57 bits per heavy atom.